The number of carbonyl (C=O) groups excluding carboxylic acids is 3. The lowest BCUT2D eigenvalue weighted by molar-refractivity contribution is -0.128. The number of methoxy groups -OCH3 is 1. The Hall–Kier alpha value is -1.83. The second-order valence-corrected chi connectivity index (χ2v) is 10.7. The molecule has 0 N–H and O–H groups in total. The van der Waals surface area contributed by atoms with Crippen LogP contribution in [-0.2, 0) is 19.0 Å². The van der Waals surface area contributed by atoms with Gasteiger partial charge in [0, 0.05) is 34.2 Å². The van der Waals surface area contributed by atoms with Crippen LogP contribution in [0, 0.1) is 6.92 Å². The summed E-state index contributed by atoms with van der Waals surface area (Å²) in [5.74, 6) is -0.453. The highest BCUT2D eigenvalue weighted by molar-refractivity contribution is 5.90. The number of rotatable bonds is 23. The largest absolute Gasteiger partial charge is 0.446 e. The highest BCUT2D eigenvalue weighted by Crippen LogP contribution is 2.15. The van der Waals surface area contributed by atoms with Crippen molar-refractivity contribution in [2.75, 3.05) is 40.5 Å². The highest BCUT2D eigenvalue weighted by atomic mass is 16.6. The van der Waals surface area contributed by atoms with E-state index in [2.05, 4.69) is 13.8 Å². The molecule has 0 rings (SSSR count). The second kappa shape index (κ2) is 23.1. The number of carbonyl (C=O) groups is 3. The van der Waals surface area contributed by atoms with Gasteiger partial charge in [0.05, 0.1) is 0 Å². The molecule has 1 radical (unpaired) electrons. The zero-order valence-corrected chi connectivity index (χ0v) is 25.2. The van der Waals surface area contributed by atoms with E-state index in [1.807, 2.05) is 0 Å². The van der Waals surface area contributed by atoms with E-state index in [9.17, 15) is 14.4 Å². The van der Waals surface area contributed by atoms with Crippen molar-refractivity contribution < 1.29 is 28.6 Å². The Balaban J connectivity index is 3.83. The monoisotopic (exact) mass is 541 g/mol. The van der Waals surface area contributed by atoms with Crippen molar-refractivity contribution >= 4 is 18.1 Å². The summed E-state index contributed by atoms with van der Waals surface area (Å²) in [6.45, 7) is 9.10. The minimum atomic E-state index is -1.02. The van der Waals surface area contributed by atoms with Gasteiger partial charge in [0.1, 0.15) is 18.8 Å². The third-order valence-electron chi connectivity index (χ3n) is 6.98. The van der Waals surface area contributed by atoms with Gasteiger partial charge in [0.25, 0.3) is 0 Å². The summed E-state index contributed by atoms with van der Waals surface area (Å²) in [5.41, 5.74) is -1.02. The minimum absolute atomic E-state index is 0.0308. The zero-order valence-electron chi connectivity index (χ0n) is 25.2. The van der Waals surface area contributed by atoms with Gasteiger partial charge in [0.2, 0.25) is 5.91 Å². The Labute approximate surface area is 233 Å². The molecule has 0 spiro atoms. The molecule has 1 unspecified atom stereocenters. The molecule has 3 amide bonds. The predicted octanol–water partition coefficient (Wildman–Crippen LogP) is 7.54. The van der Waals surface area contributed by atoms with Crippen molar-refractivity contribution in [1.29, 1.82) is 0 Å². The molecule has 38 heavy (non-hydrogen) atoms. The summed E-state index contributed by atoms with van der Waals surface area (Å²) in [5, 5.41) is 0. The molecule has 0 aromatic carbocycles. The van der Waals surface area contributed by atoms with Crippen LogP contribution in [0.4, 0.5) is 9.59 Å². The summed E-state index contributed by atoms with van der Waals surface area (Å²) in [6.07, 6.45) is 19.8. The summed E-state index contributed by atoms with van der Waals surface area (Å²) >= 11 is 0. The van der Waals surface area contributed by atoms with Crippen LogP contribution in [0.25, 0.3) is 0 Å². The van der Waals surface area contributed by atoms with E-state index < -0.39 is 23.7 Å². The van der Waals surface area contributed by atoms with E-state index in [1.54, 1.807) is 18.9 Å². The van der Waals surface area contributed by atoms with E-state index in [0.29, 0.717) is 6.54 Å². The third-order valence-corrected chi connectivity index (χ3v) is 6.98. The quantitative estimate of drug-likeness (QED) is 0.124. The summed E-state index contributed by atoms with van der Waals surface area (Å²) in [6, 6.07) is 0. The maximum atomic E-state index is 12.4. The van der Waals surface area contributed by atoms with Crippen LogP contribution in [0.5, 0.6) is 0 Å². The molecule has 1 atom stereocenters. The number of amides is 3. The standard InChI is InChI=1S/C30H57N2O6/c1-7-9-10-11-12-13-14-15-16-17-18-19-20-21-22-23-24-31(5)28(34)37-25-30(4,36-6)26-38-29(35)32(8-2)27(3)33/h2,7-26H2,1,3-6H3. The zero-order chi connectivity index (χ0) is 28.7. The van der Waals surface area contributed by atoms with Crippen molar-refractivity contribution in [3.8, 4) is 0 Å². The molecule has 0 aliphatic rings. The molecule has 0 heterocycles. The van der Waals surface area contributed by atoms with Gasteiger partial charge < -0.3 is 19.1 Å². The normalized spacial score (nSPS) is 12.6. The van der Waals surface area contributed by atoms with Crippen LogP contribution in [0.2, 0.25) is 0 Å². The smallest absolute Gasteiger partial charge is 0.416 e. The average Bonchev–Trinajstić information content (AvgIpc) is 2.90. The van der Waals surface area contributed by atoms with Crippen LogP contribution in [0.15, 0.2) is 0 Å². The number of unbranched alkanes of at least 4 members (excludes halogenated alkanes) is 15. The number of hydrogen-bond acceptors (Lipinski definition) is 6. The number of nitrogens with zero attached hydrogens (tertiary/aromatic N) is 2. The van der Waals surface area contributed by atoms with Gasteiger partial charge >= 0.3 is 12.2 Å². The molecule has 0 bridgehead atoms. The SMILES string of the molecule is [CH2]CN(C(C)=O)C(=O)OCC(C)(COC(=O)N(C)CCCCCCCCCCCCCCCCCC)OC. The van der Waals surface area contributed by atoms with Gasteiger partial charge in [-0.15, -0.1) is 0 Å². The molecule has 0 aliphatic carbocycles. The minimum Gasteiger partial charge on any atom is -0.446 e. The maximum absolute atomic E-state index is 12.4. The Kier molecular flexibility index (Phi) is 22.0. The Morgan fingerprint density at radius 2 is 1.11 bits per heavy atom. The lowest BCUT2D eigenvalue weighted by atomic mass is 10.0. The fraction of sp³-hybridized carbons (Fsp3) is 0.867. The van der Waals surface area contributed by atoms with E-state index in [1.165, 1.54) is 104 Å². The van der Waals surface area contributed by atoms with Crippen LogP contribution < -0.4 is 0 Å². The highest BCUT2D eigenvalue weighted by Gasteiger charge is 2.30. The number of hydrogen-bond donors (Lipinski definition) is 0. The third kappa shape index (κ3) is 18.4. The predicted molar refractivity (Wildman–Crippen MR) is 153 cm³/mol. The summed E-state index contributed by atoms with van der Waals surface area (Å²) < 4.78 is 15.9. The number of ether oxygens (including phenoxy) is 3. The van der Waals surface area contributed by atoms with Crippen molar-refractivity contribution in [2.45, 2.75) is 129 Å². The molecular weight excluding hydrogens is 484 g/mol. The van der Waals surface area contributed by atoms with Gasteiger partial charge in [-0.1, -0.05) is 103 Å². The summed E-state index contributed by atoms with van der Waals surface area (Å²) in [7, 11) is 3.17. The Morgan fingerprint density at radius 3 is 1.47 bits per heavy atom. The molecule has 0 saturated carbocycles. The van der Waals surface area contributed by atoms with E-state index in [0.717, 1.165) is 17.7 Å². The van der Waals surface area contributed by atoms with E-state index >= 15 is 0 Å². The fourth-order valence-electron chi connectivity index (χ4n) is 4.14. The van der Waals surface area contributed by atoms with E-state index in [4.69, 9.17) is 14.2 Å². The van der Waals surface area contributed by atoms with Gasteiger partial charge in [-0.3, -0.25) is 4.79 Å². The molecule has 8 heteroatoms. The van der Waals surface area contributed by atoms with Crippen LogP contribution in [0.1, 0.15) is 124 Å². The first-order valence-electron chi connectivity index (χ1n) is 14.9. The molecule has 0 fully saturated rings. The number of imide groups is 1. The lowest BCUT2D eigenvalue weighted by Crippen LogP contribution is -2.44. The first-order valence-corrected chi connectivity index (χ1v) is 14.9. The molecule has 8 nitrogen and oxygen atoms in total. The van der Waals surface area contributed by atoms with Gasteiger partial charge in [-0.25, -0.2) is 14.5 Å². The molecule has 0 saturated heterocycles. The van der Waals surface area contributed by atoms with Crippen LogP contribution in [0.3, 0.4) is 0 Å². The topological polar surface area (TPSA) is 85.4 Å². The molecule has 223 valence electrons. The maximum Gasteiger partial charge on any atom is 0.416 e. The van der Waals surface area contributed by atoms with Gasteiger partial charge in [-0.2, -0.15) is 0 Å². The van der Waals surface area contributed by atoms with Crippen LogP contribution >= 0.6 is 0 Å². The average molecular weight is 542 g/mol. The lowest BCUT2D eigenvalue weighted by Gasteiger charge is -2.29. The Morgan fingerprint density at radius 1 is 0.711 bits per heavy atom. The molecule has 0 aromatic heterocycles. The second-order valence-electron chi connectivity index (χ2n) is 10.7. The Bertz CT molecular complexity index is 630. The first-order chi connectivity index (χ1) is 18.2. The molecule has 0 aliphatic heterocycles. The van der Waals surface area contributed by atoms with Crippen molar-refractivity contribution in [2.24, 2.45) is 0 Å². The van der Waals surface area contributed by atoms with Crippen molar-refractivity contribution in [3.63, 3.8) is 0 Å². The van der Waals surface area contributed by atoms with Crippen molar-refractivity contribution in [1.82, 2.24) is 9.80 Å². The first kappa shape index (κ1) is 36.2. The molecule has 0 aromatic rings. The van der Waals surface area contributed by atoms with Crippen LogP contribution in [-0.4, -0.2) is 74.0 Å². The fourth-order valence-corrected chi connectivity index (χ4v) is 4.14. The van der Waals surface area contributed by atoms with Gasteiger partial charge in [-0.05, 0) is 20.3 Å². The summed E-state index contributed by atoms with van der Waals surface area (Å²) in [4.78, 5) is 38.3. The van der Waals surface area contributed by atoms with Crippen molar-refractivity contribution in [3.05, 3.63) is 6.92 Å². The van der Waals surface area contributed by atoms with E-state index in [-0.39, 0.29) is 19.8 Å². The van der Waals surface area contributed by atoms with Gasteiger partial charge in [0.15, 0.2) is 0 Å². The molecular formula is C30H57N2O6.